The Morgan fingerprint density at radius 2 is 1.86 bits per heavy atom. The van der Waals surface area contributed by atoms with Crippen LogP contribution in [0, 0.1) is 11.7 Å². The van der Waals surface area contributed by atoms with Gasteiger partial charge in [-0.05, 0) is 79.2 Å². The summed E-state index contributed by atoms with van der Waals surface area (Å²) in [4.78, 5) is 24.0. The van der Waals surface area contributed by atoms with Crippen molar-refractivity contribution in [3.05, 3.63) is 46.4 Å². The fourth-order valence-electron chi connectivity index (χ4n) is 5.09. The molecule has 0 aromatic heterocycles. The third-order valence-corrected chi connectivity index (χ3v) is 8.91. The molecule has 0 spiro atoms. The SMILES string of the molecule is CC.CC.CC.CC[C@H]1CCN(CCC2=C(P)C=NC3CCC=C(OC)N=C23)C1.CCc1cc2c(cc1F)SCC(=O)N2. The van der Waals surface area contributed by atoms with Gasteiger partial charge in [-0.15, -0.1) is 21.0 Å². The zero-order valence-electron chi connectivity index (χ0n) is 28.1. The van der Waals surface area contributed by atoms with Crippen LogP contribution >= 0.6 is 21.0 Å². The number of anilines is 1. The molecule has 2 unspecified atom stereocenters. The van der Waals surface area contributed by atoms with Gasteiger partial charge in [-0.3, -0.25) is 9.79 Å². The summed E-state index contributed by atoms with van der Waals surface area (Å²) in [7, 11) is 4.54. The molecule has 4 aliphatic heterocycles. The standard InChI is InChI=1S/C18H28N3OP.C10H10FNOS.3C2H6/c1-3-13-7-9-21(12-13)10-8-14-16(23)11-19-15-5-4-6-17(22-2)20-18(14)15;1-2-6-3-8-9(4-7(6)11)14-5-10(13)12-8;3*1-2/h6,11,13,15H,3-5,7-10,12,23H2,1-2H3;3-4H,2,5H2,1H3,(H,12,13);3*1-2H3/t13-,15?;;;;/m0..../s1. The Morgan fingerprint density at radius 1 is 1.14 bits per heavy atom. The number of amides is 1. The smallest absolute Gasteiger partial charge is 0.234 e. The van der Waals surface area contributed by atoms with E-state index >= 15 is 0 Å². The largest absolute Gasteiger partial charge is 0.481 e. The topological polar surface area (TPSA) is 66.3 Å². The molecule has 1 aromatic rings. The van der Waals surface area contributed by atoms with Crippen molar-refractivity contribution in [2.45, 2.75) is 105 Å². The average molecular weight is 635 g/mol. The van der Waals surface area contributed by atoms with Gasteiger partial charge in [-0.25, -0.2) is 9.38 Å². The number of methoxy groups -OCH3 is 1. The number of nitrogens with zero attached hydrogens (tertiary/aromatic N) is 3. The van der Waals surface area contributed by atoms with Gasteiger partial charge in [0.1, 0.15) is 5.82 Å². The van der Waals surface area contributed by atoms with Gasteiger partial charge in [0, 0.05) is 24.2 Å². The van der Waals surface area contributed by atoms with E-state index in [1.54, 1.807) is 13.2 Å². The Kier molecular flexibility index (Phi) is 19.6. The second-order valence-corrected chi connectivity index (χ2v) is 11.4. The number of aryl methyl sites for hydroxylation is 1. The Bertz CT molecular complexity index is 1140. The number of hydrogen-bond donors (Lipinski definition) is 1. The molecule has 6 nitrogen and oxygen atoms in total. The van der Waals surface area contributed by atoms with Crippen LogP contribution in [-0.4, -0.2) is 61.3 Å². The van der Waals surface area contributed by atoms with E-state index in [4.69, 9.17) is 9.73 Å². The Balaban J connectivity index is 0.000000396. The van der Waals surface area contributed by atoms with Gasteiger partial charge < -0.3 is 15.0 Å². The second kappa shape index (κ2) is 21.6. The average Bonchev–Trinajstić information content (AvgIpc) is 3.41. The molecule has 242 valence electrons. The Hall–Kier alpha value is -2.02. The summed E-state index contributed by atoms with van der Waals surface area (Å²) in [5.41, 5.74) is 3.85. The number of likely N-dealkylation sites (tertiary alicyclic amines) is 1. The maximum Gasteiger partial charge on any atom is 0.234 e. The van der Waals surface area contributed by atoms with Crippen LogP contribution < -0.4 is 5.32 Å². The van der Waals surface area contributed by atoms with Crippen molar-refractivity contribution >= 4 is 44.5 Å². The number of carbonyl (C=O) groups is 1. The first kappa shape index (κ1) is 39.0. The van der Waals surface area contributed by atoms with Crippen LogP contribution in [0.5, 0.6) is 0 Å². The lowest BCUT2D eigenvalue weighted by Crippen LogP contribution is -2.28. The molecule has 1 saturated heterocycles. The van der Waals surface area contributed by atoms with Crippen molar-refractivity contribution in [2.24, 2.45) is 15.9 Å². The molecule has 5 rings (SSSR count). The molecule has 3 atom stereocenters. The zero-order chi connectivity index (χ0) is 32.4. The highest BCUT2D eigenvalue weighted by molar-refractivity contribution is 8.00. The zero-order valence-corrected chi connectivity index (χ0v) is 30.0. The summed E-state index contributed by atoms with van der Waals surface area (Å²) in [5, 5.41) is 3.92. The number of hydrogen-bond acceptors (Lipinski definition) is 6. The van der Waals surface area contributed by atoms with Gasteiger partial charge in [0.15, 0.2) is 0 Å². The molecule has 1 amide bonds. The van der Waals surface area contributed by atoms with Crippen LogP contribution in [-0.2, 0) is 16.0 Å². The monoisotopic (exact) mass is 634 g/mol. The number of halogens is 1. The van der Waals surface area contributed by atoms with Crippen LogP contribution in [0.2, 0.25) is 0 Å². The van der Waals surface area contributed by atoms with Crippen molar-refractivity contribution in [1.29, 1.82) is 0 Å². The van der Waals surface area contributed by atoms with Gasteiger partial charge >= 0.3 is 0 Å². The highest BCUT2D eigenvalue weighted by Crippen LogP contribution is 2.33. The lowest BCUT2D eigenvalue weighted by Gasteiger charge is -2.24. The quantitative estimate of drug-likeness (QED) is 0.318. The minimum Gasteiger partial charge on any atom is -0.481 e. The summed E-state index contributed by atoms with van der Waals surface area (Å²) in [5.74, 6) is 1.80. The highest BCUT2D eigenvalue weighted by Gasteiger charge is 2.27. The van der Waals surface area contributed by atoms with Crippen molar-refractivity contribution in [1.82, 2.24) is 4.90 Å². The summed E-state index contributed by atoms with van der Waals surface area (Å²) in [6, 6.07) is 3.41. The van der Waals surface area contributed by atoms with Crippen molar-refractivity contribution in [2.75, 3.05) is 37.8 Å². The normalized spacial score (nSPS) is 20.4. The van der Waals surface area contributed by atoms with E-state index in [2.05, 4.69) is 37.4 Å². The number of ether oxygens (including phenoxy) is 1. The van der Waals surface area contributed by atoms with Crippen LogP contribution in [0.4, 0.5) is 10.1 Å². The summed E-state index contributed by atoms with van der Waals surface area (Å²) >= 11 is 1.38. The first-order chi connectivity index (χ1) is 20.9. The molecule has 0 bridgehead atoms. The predicted molar refractivity (Wildman–Crippen MR) is 189 cm³/mol. The molecule has 0 aliphatic carbocycles. The molecule has 0 saturated carbocycles. The fourth-order valence-corrected chi connectivity index (χ4v) is 6.28. The van der Waals surface area contributed by atoms with E-state index < -0.39 is 0 Å². The van der Waals surface area contributed by atoms with Gasteiger partial charge in [0.25, 0.3) is 0 Å². The van der Waals surface area contributed by atoms with E-state index in [0.29, 0.717) is 17.7 Å². The predicted octanol–water partition coefficient (Wildman–Crippen LogP) is 8.92. The van der Waals surface area contributed by atoms with Gasteiger partial charge in [-0.1, -0.05) is 61.8 Å². The highest BCUT2D eigenvalue weighted by atomic mass is 32.2. The number of carbonyl (C=O) groups excluding carboxylic acids is 1. The first-order valence-corrected chi connectivity index (χ1v) is 17.8. The van der Waals surface area contributed by atoms with Crippen LogP contribution in [0.25, 0.3) is 0 Å². The molecule has 9 heteroatoms. The first-order valence-electron chi connectivity index (χ1n) is 16.2. The molecule has 4 aliphatic rings. The molecule has 43 heavy (non-hydrogen) atoms. The number of benzene rings is 1. The number of allylic oxidation sites excluding steroid dienone is 2. The van der Waals surface area contributed by atoms with Crippen LogP contribution in [0.15, 0.2) is 49.9 Å². The Labute approximate surface area is 267 Å². The maximum atomic E-state index is 13.3. The van der Waals surface area contributed by atoms with Gasteiger partial charge in [-0.2, -0.15) is 0 Å². The minimum absolute atomic E-state index is 0.0174. The summed E-state index contributed by atoms with van der Waals surface area (Å²) in [6.45, 7) is 19.8. The van der Waals surface area contributed by atoms with Crippen molar-refractivity contribution < 1.29 is 13.9 Å². The van der Waals surface area contributed by atoms with Crippen molar-refractivity contribution in [3.8, 4) is 0 Å². The van der Waals surface area contributed by atoms with E-state index in [0.717, 1.165) is 53.9 Å². The molecular weight excluding hydrogens is 578 g/mol. The van der Waals surface area contributed by atoms with E-state index in [1.807, 2.05) is 54.7 Å². The fraction of sp³-hybridized carbons (Fsp3) is 0.618. The maximum absolute atomic E-state index is 13.3. The van der Waals surface area contributed by atoms with Crippen molar-refractivity contribution in [3.63, 3.8) is 0 Å². The van der Waals surface area contributed by atoms with Crippen LogP contribution in [0.3, 0.4) is 0 Å². The van der Waals surface area contributed by atoms with E-state index in [9.17, 15) is 9.18 Å². The van der Waals surface area contributed by atoms with Crippen LogP contribution in [0.1, 0.15) is 93.1 Å². The van der Waals surface area contributed by atoms with E-state index in [1.165, 1.54) is 54.6 Å². The molecule has 1 fully saturated rings. The summed E-state index contributed by atoms with van der Waals surface area (Å²) < 4.78 is 18.7. The second-order valence-electron chi connectivity index (χ2n) is 9.79. The number of fused-ring (bicyclic) bond motifs is 2. The molecule has 4 heterocycles. The van der Waals surface area contributed by atoms with E-state index in [-0.39, 0.29) is 17.8 Å². The molecule has 1 aromatic carbocycles. The third-order valence-electron chi connectivity index (χ3n) is 7.35. The number of nitrogens with one attached hydrogen (secondary N) is 1. The molecule has 1 N–H and O–H groups in total. The number of aliphatic imine (C=N–C) groups is 2. The lowest BCUT2D eigenvalue weighted by atomic mass is 9.95. The number of thioether (sulfide) groups is 1. The van der Waals surface area contributed by atoms with Gasteiger partial charge in [0.2, 0.25) is 11.8 Å². The Morgan fingerprint density at radius 3 is 2.49 bits per heavy atom. The molecular formula is C34H56FN4O2PS. The summed E-state index contributed by atoms with van der Waals surface area (Å²) in [6.07, 6.45) is 10.4. The number of rotatable bonds is 6. The minimum atomic E-state index is -0.185. The van der Waals surface area contributed by atoms with Gasteiger partial charge in [0.05, 0.1) is 30.3 Å². The third kappa shape index (κ3) is 11.8. The molecule has 0 radical (unpaired) electrons. The number of dihydropyridines is 1. The lowest BCUT2D eigenvalue weighted by molar-refractivity contribution is -0.113.